The monoisotopic (exact) mass is 512 g/mol. The molecule has 0 spiro atoms. The quantitative estimate of drug-likeness (QED) is 0.223. The number of aliphatic hydroxyl groups excluding tert-OH is 1. The second kappa shape index (κ2) is 17.3. The zero-order valence-electron chi connectivity index (χ0n) is 24.0. The number of carbonyl (C=O) groups is 4. The largest absolute Gasteiger partial charge is 0.391 e. The van der Waals surface area contributed by atoms with Crippen molar-refractivity contribution in [3.63, 3.8) is 0 Å². The summed E-state index contributed by atoms with van der Waals surface area (Å²) in [6.07, 6.45) is 3.03. The molecule has 0 aliphatic heterocycles. The van der Waals surface area contributed by atoms with Gasteiger partial charge in [0, 0.05) is 26.9 Å². The molecule has 36 heavy (non-hydrogen) atoms. The summed E-state index contributed by atoms with van der Waals surface area (Å²) >= 11 is 0. The number of aliphatic hydroxyl groups is 1. The van der Waals surface area contributed by atoms with E-state index in [1.165, 1.54) is 4.90 Å². The molecule has 0 bridgehead atoms. The van der Waals surface area contributed by atoms with Gasteiger partial charge < -0.3 is 26.0 Å². The van der Waals surface area contributed by atoms with Crippen LogP contribution in [0.1, 0.15) is 93.4 Å². The third-order valence-electron chi connectivity index (χ3n) is 6.20. The van der Waals surface area contributed by atoms with Crippen LogP contribution in [-0.2, 0) is 19.2 Å². The van der Waals surface area contributed by atoms with Gasteiger partial charge in [-0.2, -0.15) is 0 Å². The normalized spacial score (nSPS) is 14.8. The van der Waals surface area contributed by atoms with Crippen molar-refractivity contribution in [2.45, 2.75) is 118 Å². The lowest BCUT2D eigenvalue weighted by molar-refractivity contribution is -0.134. The van der Waals surface area contributed by atoms with Crippen molar-refractivity contribution in [2.24, 2.45) is 17.8 Å². The summed E-state index contributed by atoms with van der Waals surface area (Å²) in [5.74, 6) is -1.28. The first-order chi connectivity index (χ1) is 16.7. The van der Waals surface area contributed by atoms with E-state index in [-0.39, 0.29) is 42.4 Å². The molecule has 0 saturated carbocycles. The summed E-state index contributed by atoms with van der Waals surface area (Å²) in [6, 6.07) is -2.26. The van der Waals surface area contributed by atoms with Gasteiger partial charge in [0.2, 0.25) is 23.6 Å². The molecule has 0 aliphatic rings. The Bertz CT molecular complexity index is 694. The number of nitrogens with zero attached hydrogens (tertiary/aromatic N) is 1. The fraction of sp³-hybridized carbons (Fsp3) is 0.852. The average molecular weight is 513 g/mol. The van der Waals surface area contributed by atoms with Crippen LogP contribution in [-0.4, -0.2) is 72.0 Å². The SMILES string of the molecule is CCCCCC(=O)NC(C(=O)NC(CCC(=O)N(C)C)C(=O)NC(CC(C)C)C(O)C(C)C)C(C)C. The summed E-state index contributed by atoms with van der Waals surface area (Å²) in [7, 11) is 3.27. The third kappa shape index (κ3) is 13.2. The molecule has 9 heteroatoms. The molecule has 210 valence electrons. The Morgan fingerprint density at radius 1 is 0.806 bits per heavy atom. The molecule has 0 radical (unpaired) electrons. The molecular weight excluding hydrogens is 460 g/mol. The minimum Gasteiger partial charge on any atom is -0.391 e. The highest BCUT2D eigenvalue weighted by molar-refractivity contribution is 5.92. The van der Waals surface area contributed by atoms with Gasteiger partial charge in [0.25, 0.3) is 0 Å². The van der Waals surface area contributed by atoms with Crippen LogP contribution in [0, 0.1) is 17.8 Å². The maximum absolute atomic E-state index is 13.3. The second-order valence-electron chi connectivity index (χ2n) is 11.1. The summed E-state index contributed by atoms with van der Waals surface area (Å²) in [5.41, 5.74) is 0. The van der Waals surface area contributed by atoms with Crippen LogP contribution in [0.15, 0.2) is 0 Å². The lowest BCUT2D eigenvalue weighted by atomic mass is 9.92. The second-order valence-corrected chi connectivity index (χ2v) is 11.1. The molecule has 0 fully saturated rings. The van der Waals surface area contributed by atoms with E-state index in [9.17, 15) is 24.3 Å². The fourth-order valence-corrected chi connectivity index (χ4v) is 3.88. The van der Waals surface area contributed by atoms with Crippen molar-refractivity contribution in [3.05, 3.63) is 0 Å². The van der Waals surface area contributed by atoms with Crippen LogP contribution in [0.2, 0.25) is 0 Å². The molecule has 4 unspecified atom stereocenters. The number of carbonyl (C=O) groups excluding carboxylic acids is 4. The van der Waals surface area contributed by atoms with Crippen LogP contribution in [0.5, 0.6) is 0 Å². The van der Waals surface area contributed by atoms with Gasteiger partial charge in [-0.1, -0.05) is 61.3 Å². The predicted molar refractivity (Wildman–Crippen MR) is 143 cm³/mol. The first-order valence-corrected chi connectivity index (χ1v) is 13.5. The van der Waals surface area contributed by atoms with E-state index in [0.717, 1.165) is 19.3 Å². The Labute approximate surface area is 218 Å². The molecule has 4 N–H and O–H groups in total. The first-order valence-electron chi connectivity index (χ1n) is 13.5. The van der Waals surface area contributed by atoms with Crippen molar-refractivity contribution in [1.29, 1.82) is 0 Å². The Morgan fingerprint density at radius 3 is 1.89 bits per heavy atom. The van der Waals surface area contributed by atoms with E-state index in [1.54, 1.807) is 14.1 Å². The van der Waals surface area contributed by atoms with Gasteiger partial charge in [-0.3, -0.25) is 19.2 Å². The van der Waals surface area contributed by atoms with Crippen molar-refractivity contribution in [2.75, 3.05) is 14.1 Å². The molecule has 0 saturated heterocycles. The lowest BCUT2D eigenvalue weighted by Crippen LogP contribution is -2.57. The van der Waals surface area contributed by atoms with Gasteiger partial charge in [-0.05, 0) is 37.0 Å². The lowest BCUT2D eigenvalue weighted by Gasteiger charge is -2.31. The van der Waals surface area contributed by atoms with Gasteiger partial charge in [0.05, 0.1) is 12.1 Å². The van der Waals surface area contributed by atoms with Crippen LogP contribution in [0.3, 0.4) is 0 Å². The number of unbranched alkanes of at least 4 members (excludes halogenated alkanes) is 2. The average Bonchev–Trinajstić information content (AvgIpc) is 2.78. The number of hydrogen-bond acceptors (Lipinski definition) is 5. The van der Waals surface area contributed by atoms with Crippen LogP contribution in [0.25, 0.3) is 0 Å². The van der Waals surface area contributed by atoms with Crippen molar-refractivity contribution in [3.8, 4) is 0 Å². The Hall–Kier alpha value is -2.16. The predicted octanol–water partition coefficient (Wildman–Crippen LogP) is 2.61. The van der Waals surface area contributed by atoms with Crippen LogP contribution < -0.4 is 16.0 Å². The maximum Gasteiger partial charge on any atom is 0.243 e. The van der Waals surface area contributed by atoms with Gasteiger partial charge in [-0.15, -0.1) is 0 Å². The molecule has 9 nitrogen and oxygen atoms in total. The van der Waals surface area contributed by atoms with Gasteiger partial charge >= 0.3 is 0 Å². The standard InChI is InChI=1S/C27H52N4O5/c1-10-11-12-13-22(32)30-24(18(4)5)27(36)28-20(14-15-23(33)31(8)9)26(35)29-21(16-17(2)3)25(34)19(6)7/h17-21,24-25,34H,10-16H2,1-9H3,(H,28,36)(H,29,35)(H,30,32). The number of hydrogen-bond donors (Lipinski definition) is 4. The van der Waals surface area contributed by atoms with Crippen molar-refractivity contribution in [1.82, 2.24) is 20.9 Å². The molecule has 0 heterocycles. The van der Waals surface area contributed by atoms with Crippen LogP contribution >= 0.6 is 0 Å². The minimum absolute atomic E-state index is 0.0642. The summed E-state index contributed by atoms with van der Waals surface area (Å²) in [5, 5.41) is 19.2. The van der Waals surface area contributed by atoms with E-state index in [0.29, 0.717) is 12.8 Å². The maximum atomic E-state index is 13.3. The zero-order chi connectivity index (χ0) is 28.0. The van der Waals surface area contributed by atoms with Crippen molar-refractivity contribution >= 4 is 23.6 Å². The topological polar surface area (TPSA) is 128 Å². The Kier molecular flexibility index (Phi) is 16.3. The Balaban J connectivity index is 5.65. The smallest absolute Gasteiger partial charge is 0.243 e. The highest BCUT2D eigenvalue weighted by Gasteiger charge is 2.32. The van der Waals surface area contributed by atoms with Gasteiger partial charge in [0.1, 0.15) is 12.1 Å². The number of nitrogens with one attached hydrogen (secondary N) is 3. The minimum atomic E-state index is -0.978. The summed E-state index contributed by atoms with van der Waals surface area (Å²) in [6.45, 7) is 13.5. The molecule has 0 aromatic rings. The first kappa shape index (κ1) is 33.8. The molecule has 0 aliphatic carbocycles. The zero-order valence-corrected chi connectivity index (χ0v) is 24.0. The van der Waals surface area contributed by atoms with Gasteiger partial charge in [0.15, 0.2) is 0 Å². The summed E-state index contributed by atoms with van der Waals surface area (Å²) < 4.78 is 0. The van der Waals surface area contributed by atoms with E-state index >= 15 is 0 Å². The highest BCUT2D eigenvalue weighted by Crippen LogP contribution is 2.15. The fourth-order valence-electron chi connectivity index (χ4n) is 3.88. The molecule has 4 amide bonds. The Morgan fingerprint density at radius 2 is 1.42 bits per heavy atom. The van der Waals surface area contributed by atoms with Crippen molar-refractivity contribution < 1.29 is 24.3 Å². The summed E-state index contributed by atoms with van der Waals surface area (Å²) in [4.78, 5) is 52.6. The third-order valence-corrected chi connectivity index (χ3v) is 6.20. The molecule has 4 atom stereocenters. The van der Waals surface area contributed by atoms with E-state index < -0.39 is 36.0 Å². The van der Waals surface area contributed by atoms with E-state index in [2.05, 4.69) is 22.9 Å². The highest BCUT2D eigenvalue weighted by atomic mass is 16.3. The molecule has 0 rings (SSSR count). The van der Waals surface area contributed by atoms with E-state index in [4.69, 9.17) is 0 Å². The van der Waals surface area contributed by atoms with Crippen LogP contribution in [0.4, 0.5) is 0 Å². The molecule has 0 aromatic carbocycles. The number of amides is 4. The molecule has 0 aromatic heterocycles. The van der Waals surface area contributed by atoms with E-state index in [1.807, 2.05) is 41.5 Å². The number of rotatable bonds is 17. The molecular formula is C27H52N4O5. The van der Waals surface area contributed by atoms with Gasteiger partial charge in [-0.25, -0.2) is 0 Å².